The minimum absolute atomic E-state index is 0.0585. The average molecular weight is 275 g/mol. The molecule has 0 aliphatic carbocycles. The Kier molecular flexibility index (Phi) is 4.32. The summed E-state index contributed by atoms with van der Waals surface area (Å²) >= 11 is 0. The maximum Gasteiger partial charge on any atom is 0.161 e. The summed E-state index contributed by atoms with van der Waals surface area (Å²) in [4.78, 5) is 3.90. The number of sulfone groups is 1. The minimum Gasteiger partial charge on any atom is -0.265 e. The van der Waals surface area contributed by atoms with Crippen LogP contribution in [0.25, 0.3) is 0 Å². The zero-order valence-electron chi connectivity index (χ0n) is 10.9. The first kappa shape index (κ1) is 13.7. The minimum atomic E-state index is -3.21. The third kappa shape index (κ3) is 3.41. The molecule has 0 bridgehead atoms. The molecule has 0 aliphatic heterocycles. The van der Waals surface area contributed by atoms with Crippen LogP contribution in [-0.4, -0.2) is 13.4 Å². The van der Waals surface area contributed by atoms with E-state index < -0.39 is 15.1 Å². The quantitative estimate of drug-likeness (QED) is 0.842. The van der Waals surface area contributed by atoms with E-state index in [4.69, 9.17) is 0 Å². The smallest absolute Gasteiger partial charge is 0.161 e. The first-order valence-corrected chi connectivity index (χ1v) is 8.00. The Morgan fingerprint density at radius 1 is 1.05 bits per heavy atom. The number of nitrogens with zero attached hydrogens (tertiary/aromatic N) is 1. The van der Waals surface area contributed by atoms with Crippen molar-refractivity contribution in [2.45, 2.75) is 24.3 Å². The summed E-state index contributed by atoms with van der Waals surface area (Å²) in [5.74, 6) is 0.0585. The first-order valence-electron chi connectivity index (χ1n) is 6.29. The van der Waals surface area contributed by atoms with Crippen LogP contribution in [0, 0.1) is 0 Å². The predicted octanol–water partition coefficient (Wildman–Crippen LogP) is 3.15. The molecule has 0 saturated carbocycles. The zero-order chi connectivity index (χ0) is 13.7. The highest BCUT2D eigenvalue weighted by atomic mass is 32.2. The molecular weight excluding hydrogens is 258 g/mol. The Morgan fingerprint density at radius 2 is 1.68 bits per heavy atom. The molecule has 0 aliphatic rings. The summed E-state index contributed by atoms with van der Waals surface area (Å²) < 4.78 is 25.0. The molecule has 2 rings (SSSR count). The molecule has 1 heterocycles. The van der Waals surface area contributed by atoms with Gasteiger partial charge in [0.1, 0.15) is 0 Å². The van der Waals surface area contributed by atoms with Crippen molar-refractivity contribution >= 4 is 9.84 Å². The molecule has 0 amide bonds. The van der Waals surface area contributed by atoms with E-state index in [9.17, 15) is 8.42 Å². The lowest BCUT2D eigenvalue weighted by Gasteiger charge is -2.16. The van der Waals surface area contributed by atoms with E-state index in [-0.39, 0.29) is 5.75 Å². The fourth-order valence-corrected chi connectivity index (χ4v) is 4.11. The molecule has 1 aromatic carbocycles. The molecule has 4 heteroatoms. The van der Waals surface area contributed by atoms with Crippen LogP contribution in [0.2, 0.25) is 0 Å². The number of rotatable bonds is 5. The van der Waals surface area contributed by atoms with Crippen LogP contribution in [-0.2, 0) is 15.6 Å². The van der Waals surface area contributed by atoms with Gasteiger partial charge in [0, 0.05) is 12.4 Å². The Hall–Kier alpha value is -1.68. The zero-order valence-corrected chi connectivity index (χ0v) is 11.7. The van der Waals surface area contributed by atoms with E-state index in [2.05, 4.69) is 4.98 Å². The molecule has 2 aromatic rings. The van der Waals surface area contributed by atoms with Gasteiger partial charge in [-0.1, -0.05) is 37.3 Å². The van der Waals surface area contributed by atoms with E-state index in [0.717, 1.165) is 11.1 Å². The van der Waals surface area contributed by atoms with Gasteiger partial charge in [-0.15, -0.1) is 0 Å². The number of benzene rings is 1. The number of aromatic nitrogens is 1. The van der Waals surface area contributed by atoms with Crippen molar-refractivity contribution < 1.29 is 8.42 Å². The van der Waals surface area contributed by atoms with Crippen molar-refractivity contribution in [1.29, 1.82) is 0 Å². The van der Waals surface area contributed by atoms with Crippen LogP contribution in [0.1, 0.15) is 29.7 Å². The topological polar surface area (TPSA) is 47.0 Å². The summed E-state index contributed by atoms with van der Waals surface area (Å²) in [6.07, 6.45) is 3.82. The van der Waals surface area contributed by atoms with Crippen molar-refractivity contribution in [2.24, 2.45) is 0 Å². The van der Waals surface area contributed by atoms with E-state index in [1.165, 1.54) is 0 Å². The molecule has 1 aromatic heterocycles. The van der Waals surface area contributed by atoms with E-state index in [1.54, 1.807) is 24.5 Å². The Balaban J connectivity index is 2.27. The third-order valence-corrected chi connectivity index (χ3v) is 5.30. The second kappa shape index (κ2) is 5.97. The third-order valence-electron chi connectivity index (χ3n) is 3.09. The van der Waals surface area contributed by atoms with Crippen LogP contribution in [0.4, 0.5) is 0 Å². The molecule has 0 saturated heterocycles. The highest BCUT2D eigenvalue weighted by molar-refractivity contribution is 7.90. The fourth-order valence-electron chi connectivity index (χ4n) is 2.18. The van der Waals surface area contributed by atoms with Crippen LogP contribution in [0.3, 0.4) is 0 Å². The standard InChI is InChI=1S/C15H17NO2S/c1-2-15(14-6-4-3-5-7-14)19(17,18)12-13-8-10-16-11-9-13/h3-11,15H,2,12H2,1H3/t15-/m1/s1. The van der Waals surface area contributed by atoms with Crippen LogP contribution >= 0.6 is 0 Å². The highest BCUT2D eigenvalue weighted by Gasteiger charge is 2.25. The molecule has 0 spiro atoms. The normalized spacial score (nSPS) is 13.1. The molecule has 0 radical (unpaired) electrons. The van der Waals surface area contributed by atoms with Gasteiger partial charge in [0.2, 0.25) is 0 Å². The lowest BCUT2D eigenvalue weighted by molar-refractivity contribution is 0.578. The van der Waals surface area contributed by atoms with Gasteiger partial charge < -0.3 is 0 Å². The monoisotopic (exact) mass is 275 g/mol. The second-order valence-electron chi connectivity index (χ2n) is 4.47. The molecule has 0 fully saturated rings. The Labute approximate surface area is 114 Å². The van der Waals surface area contributed by atoms with Gasteiger partial charge in [0.25, 0.3) is 0 Å². The average Bonchev–Trinajstić information content (AvgIpc) is 2.41. The van der Waals surface area contributed by atoms with Crippen molar-refractivity contribution in [3.05, 3.63) is 66.0 Å². The molecule has 19 heavy (non-hydrogen) atoms. The maximum atomic E-state index is 12.5. The van der Waals surface area contributed by atoms with Gasteiger partial charge in [0.15, 0.2) is 9.84 Å². The predicted molar refractivity (Wildman–Crippen MR) is 76.3 cm³/mol. The van der Waals surface area contributed by atoms with Crippen molar-refractivity contribution in [2.75, 3.05) is 0 Å². The number of hydrogen-bond donors (Lipinski definition) is 0. The molecule has 1 atom stereocenters. The van der Waals surface area contributed by atoms with Gasteiger partial charge in [-0.05, 0) is 29.7 Å². The maximum absolute atomic E-state index is 12.5. The molecule has 3 nitrogen and oxygen atoms in total. The lowest BCUT2D eigenvalue weighted by atomic mass is 10.1. The first-order chi connectivity index (χ1) is 9.13. The van der Waals surface area contributed by atoms with Gasteiger partial charge in [-0.25, -0.2) is 8.42 Å². The Morgan fingerprint density at radius 3 is 2.26 bits per heavy atom. The summed E-state index contributed by atoms with van der Waals surface area (Å²) in [5, 5.41) is -0.443. The fraction of sp³-hybridized carbons (Fsp3) is 0.267. The largest absolute Gasteiger partial charge is 0.265 e. The molecule has 0 unspecified atom stereocenters. The summed E-state index contributed by atoms with van der Waals surface area (Å²) in [6, 6.07) is 12.9. The summed E-state index contributed by atoms with van der Waals surface area (Å²) in [7, 11) is -3.21. The Bertz CT molecular complexity index is 609. The van der Waals surface area contributed by atoms with Gasteiger partial charge >= 0.3 is 0 Å². The summed E-state index contributed by atoms with van der Waals surface area (Å²) in [6.45, 7) is 1.90. The van der Waals surface area contributed by atoms with Gasteiger partial charge in [-0.2, -0.15) is 0 Å². The number of pyridine rings is 1. The molecular formula is C15H17NO2S. The van der Waals surface area contributed by atoms with Crippen molar-refractivity contribution in [3.8, 4) is 0 Å². The van der Waals surface area contributed by atoms with Crippen molar-refractivity contribution in [3.63, 3.8) is 0 Å². The molecule has 100 valence electrons. The van der Waals surface area contributed by atoms with E-state index in [0.29, 0.717) is 6.42 Å². The molecule has 0 N–H and O–H groups in total. The second-order valence-corrected chi connectivity index (χ2v) is 6.65. The summed E-state index contributed by atoms with van der Waals surface area (Å²) in [5.41, 5.74) is 1.64. The van der Waals surface area contributed by atoms with E-state index >= 15 is 0 Å². The van der Waals surface area contributed by atoms with Crippen LogP contribution in [0.15, 0.2) is 54.9 Å². The van der Waals surface area contributed by atoms with Crippen molar-refractivity contribution in [1.82, 2.24) is 4.98 Å². The lowest BCUT2D eigenvalue weighted by Crippen LogP contribution is -2.15. The van der Waals surface area contributed by atoms with Crippen LogP contribution < -0.4 is 0 Å². The van der Waals surface area contributed by atoms with Gasteiger partial charge in [-0.3, -0.25) is 4.98 Å². The number of hydrogen-bond acceptors (Lipinski definition) is 3. The van der Waals surface area contributed by atoms with Gasteiger partial charge in [0.05, 0.1) is 11.0 Å². The SMILES string of the molecule is CC[C@H](c1ccccc1)S(=O)(=O)Cc1ccncc1. The van der Waals surface area contributed by atoms with E-state index in [1.807, 2.05) is 37.3 Å². The highest BCUT2D eigenvalue weighted by Crippen LogP contribution is 2.28. The van der Waals surface area contributed by atoms with Crippen LogP contribution in [0.5, 0.6) is 0 Å².